The number of nitrogens with one attached hydrogen (secondary N) is 1. The molecule has 4 aromatic rings. The average Bonchev–Trinajstić information content (AvgIpc) is 2.98. The van der Waals surface area contributed by atoms with Crippen molar-refractivity contribution in [2.45, 2.75) is 26.0 Å². The molecule has 1 heterocycles. The van der Waals surface area contributed by atoms with Crippen LogP contribution in [0.1, 0.15) is 11.1 Å². The lowest BCUT2D eigenvalue weighted by Crippen LogP contribution is -2.31. The highest BCUT2D eigenvalue weighted by Crippen LogP contribution is 2.31. The first-order valence-corrected chi connectivity index (χ1v) is 10.1. The van der Waals surface area contributed by atoms with Gasteiger partial charge in [0.05, 0.1) is 12.6 Å². The van der Waals surface area contributed by atoms with Crippen molar-refractivity contribution in [3.63, 3.8) is 0 Å². The summed E-state index contributed by atoms with van der Waals surface area (Å²) in [5.74, 6) is 0. The van der Waals surface area contributed by atoms with E-state index in [2.05, 4.69) is 59.3 Å². The van der Waals surface area contributed by atoms with Crippen LogP contribution in [0.4, 0.5) is 0 Å². The standard InChI is InChI=1S/C24H25ClN2O/c1-17-7-9-23-21(13-17)22-14-19(25)8-10-24(22)27(23)16-20(28)15-26-12-11-18-5-3-2-4-6-18/h2-10,13-14,20,26,28H,11-12,15-16H2,1H3. The number of rotatable bonds is 7. The first kappa shape index (κ1) is 19.0. The molecule has 0 aliphatic carbocycles. The van der Waals surface area contributed by atoms with E-state index in [1.54, 1.807) is 0 Å². The lowest BCUT2D eigenvalue weighted by atomic mass is 10.1. The summed E-state index contributed by atoms with van der Waals surface area (Å²) in [6, 6.07) is 22.8. The largest absolute Gasteiger partial charge is 0.390 e. The van der Waals surface area contributed by atoms with Crippen molar-refractivity contribution in [2.75, 3.05) is 13.1 Å². The second-order valence-corrected chi connectivity index (χ2v) is 7.82. The maximum Gasteiger partial charge on any atom is 0.0843 e. The molecule has 0 saturated heterocycles. The van der Waals surface area contributed by atoms with Gasteiger partial charge >= 0.3 is 0 Å². The number of benzene rings is 3. The number of aliphatic hydroxyl groups is 1. The Hall–Kier alpha value is -2.33. The highest BCUT2D eigenvalue weighted by molar-refractivity contribution is 6.31. The molecule has 0 amide bonds. The van der Waals surface area contributed by atoms with Gasteiger partial charge in [0, 0.05) is 33.4 Å². The predicted molar refractivity (Wildman–Crippen MR) is 118 cm³/mol. The van der Waals surface area contributed by atoms with Gasteiger partial charge in [-0.25, -0.2) is 0 Å². The minimum atomic E-state index is -0.466. The van der Waals surface area contributed by atoms with Crippen LogP contribution in [0.5, 0.6) is 0 Å². The summed E-state index contributed by atoms with van der Waals surface area (Å²) in [6.07, 6.45) is 0.493. The van der Waals surface area contributed by atoms with E-state index in [0.29, 0.717) is 13.1 Å². The molecule has 0 fully saturated rings. The van der Waals surface area contributed by atoms with Gasteiger partial charge in [0.25, 0.3) is 0 Å². The third kappa shape index (κ3) is 4.07. The van der Waals surface area contributed by atoms with E-state index >= 15 is 0 Å². The Labute approximate surface area is 170 Å². The van der Waals surface area contributed by atoms with E-state index in [9.17, 15) is 5.11 Å². The van der Waals surface area contributed by atoms with Crippen LogP contribution in [0.25, 0.3) is 21.8 Å². The fraction of sp³-hybridized carbons (Fsp3) is 0.250. The monoisotopic (exact) mass is 392 g/mol. The number of aliphatic hydroxyl groups excluding tert-OH is 1. The normalized spacial score (nSPS) is 12.7. The minimum absolute atomic E-state index is 0.466. The van der Waals surface area contributed by atoms with Crippen molar-refractivity contribution in [3.05, 3.63) is 82.9 Å². The van der Waals surface area contributed by atoms with E-state index in [4.69, 9.17) is 11.6 Å². The van der Waals surface area contributed by atoms with Gasteiger partial charge < -0.3 is 15.0 Å². The van der Waals surface area contributed by atoms with Crippen LogP contribution in [0.15, 0.2) is 66.7 Å². The van der Waals surface area contributed by atoms with Crippen LogP contribution in [-0.2, 0) is 13.0 Å². The quantitative estimate of drug-likeness (QED) is 0.436. The van der Waals surface area contributed by atoms with Crippen molar-refractivity contribution in [2.24, 2.45) is 0 Å². The molecule has 2 N–H and O–H groups in total. The van der Waals surface area contributed by atoms with Crippen molar-refractivity contribution >= 4 is 33.4 Å². The van der Waals surface area contributed by atoms with Gasteiger partial charge in [0.15, 0.2) is 0 Å². The molecule has 4 heteroatoms. The molecule has 0 spiro atoms. The molecule has 0 bridgehead atoms. The van der Waals surface area contributed by atoms with E-state index < -0.39 is 6.10 Å². The smallest absolute Gasteiger partial charge is 0.0843 e. The molecule has 28 heavy (non-hydrogen) atoms. The number of nitrogens with zero attached hydrogens (tertiary/aromatic N) is 1. The number of hydrogen-bond donors (Lipinski definition) is 2. The van der Waals surface area contributed by atoms with Gasteiger partial charge in [-0.1, -0.05) is 53.6 Å². The fourth-order valence-corrected chi connectivity index (χ4v) is 3.98. The first-order chi connectivity index (χ1) is 13.6. The summed E-state index contributed by atoms with van der Waals surface area (Å²) >= 11 is 6.24. The molecule has 3 nitrogen and oxygen atoms in total. The minimum Gasteiger partial charge on any atom is -0.390 e. The lowest BCUT2D eigenvalue weighted by Gasteiger charge is -2.15. The summed E-state index contributed by atoms with van der Waals surface area (Å²) in [5, 5.41) is 17.1. The van der Waals surface area contributed by atoms with E-state index in [-0.39, 0.29) is 0 Å². The fourth-order valence-electron chi connectivity index (χ4n) is 3.81. The zero-order valence-electron chi connectivity index (χ0n) is 16.0. The molecule has 0 aliphatic rings. The molecule has 1 unspecified atom stereocenters. The molecule has 3 aromatic carbocycles. The van der Waals surface area contributed by atoms with Crippen molar-refractivity contribution in [3.8, 4) is 0 Å². The van der Waals surface area contributed by atoms with Crippen molar-refractivity contribution < 1.29 is 5.11 Å². The average molecular weight is 393 g/mol. The van der Waals surface area contributed by atoms with Gasteiger partial charge in [-0.3, -0.25) is 0 Å². The van der Waals surface area contributed by atoms with Crippen molar-refractivity contribution in [1.29, 1.82) is 0 Å². The molecular weight excluding hydrogens is 368 g/mol. The summed E-state index contributed by atoms with van der Waals surface area (Å²) < 4.78 is 2.20. The highest BCUT2D eigenvalue weighted by atomic mass is 35.5. The van der Waals surface area contributed by atoms with Crippen LogP contribution < -0.4 is 5.32 Å². The van der Waals surface area contributed by atoms with Crippen LogP contribution in [-0.4, -0.2) is 28.9 Å². The second-order valence-electron chi connectivity index (χ2n) is 7.39. The first-order valence-electron chi connectivity index (χ1n) is 9.72. The highest BCUT2D eigenvalue weighted by Gasteiger charge is 2.14. The maximum atomic E-state index is 10.6. The Bertz CT molecular complexity index is 1030. The number of halogens is 1. The Morgan fingerprint density at radius 3 is 2.46 bits per heavy atom. The number of fused-ring (bicyclic) bond motifs is 3. The van der Waals surface area contributed by atoms with E-state index in [0.717, 1.165) is 34.4 Å². The number of aryl methyl sites for hydroxylation is 1. The molecule has 144 valence electrons. The molecule has 0 saturated carbocycles. The Kier molecular flexibility index (Phi) is 5.67. The van der Waals surface area contributed by atoms with Crippen LogP contribution in [0.2, 0.25) is 5.02 Å². The number of aromatic nitrogens is 1. The second kappa shape index (κ2) is 8.36. The van der Waals surface area contributed by atoms with Crippen LogP contribution in [0, 0.1) is 6.92 Å². The molecule has 1 aromatic heterocycles. The van der Waals surface area contributed by atoms with Gasteiger partial charge in [0.2, 0.25) is 0 Å². The predicted octanol–water partition coefficient (Wildman–Crippen LogP) is 4.95. The third-order valence-corrected chi connectivity index (χ3v) is 5.42. The van der Waals surface area contributed by atoms with Gasteiger partial charge in [-0.2, -0.15) is 0 Å². The Balaban J connectivity index is 1.49. The molecule has 0 aliphatic heterocycles. The Morgan fingerprint density at radius 1 is 0.964 bits per heavy atom. The Morgan fingerprint density at radius 2 is 1.68 bits per heavy atom. The third-order valence-electron chi connectivity index (χ3n) is 5.19. The molecular formula is C24H25ClN2O. The zero-order valence-corrected chi connectivity index (χ0v) is 16.8. The van der Waals surface area contributed by atoms with Gasteiger partial charge in [-0.15, -0.1) is 0 Å². The summed E-state index contributed by atoms with van der Waals surface area (Å²) in [6.45, 7) is 4.05. The van der Waals surface area contributed by atoms with Crippen molar-refractivity contribution in [1.82, 2.24) is 9.88 Å². The molecule has 0 radical (unpaired) electrons. The van der Waals surface area contributed by atoms with E-state index in [1.807, 2.05) is 24.3 Å². The van der Waals surface area contributed by atoms with Gasteiger partial charge in [-0.05, 0) is 55.8 Å². The summed E-state index contributed by atoms with van der Waals surface area (Å²) in [5.41, 5.74) is 4.76. The number of hydrogen-bond acceptors (Lipinski definition) is 2. The lowest BCUT2D eigenvalue weighted by molar-refractivity contribution is 0.154. The SMILES string of the molecule is Cc1ccc2c(c1)c1cc(Cl)ccc1n2CC(O)CNCCc1ccccc1. The topological polar surface area (TPSA) is 37.2 Å². The summed E-state index contributed by atoms with van der Waals surface area (Å²) in [7, 11) is 0. The van der Waals surface area contributed by atoms with Crippen LogP contribution >= 0.6 is 11.6 Å². The zero-order chi connectivity index (χ0) is 19.5. The van der Waals surface area contributed by atoms with Crippen LogP contribution in [0.3, 0.4) is 0 Å². The van der Waals surface area contributed by atoms with Gasteiger partial charge in [0.1, 0.15) is 0 Å². The molecule has 1 atom stereocenters. The molecule has 4 rings (SSSR count). The van der Waals surface area contributed by atoms with E-state index in [1.165, 1.54) is 16.5 Å². The summed E-state index contributed by atoms with van der Waals surface area (Å²) in [4.78, 5) is 0. The maximum absolute atomic E-state index is 10.6.